The molecule has 0 saturated heterocycles. The third-order valence-corrected chi connectivity index (χ3v) is 6.25. The van der Waals surface area contributed by atoms with Crippen LogP contribution in [-0.2, 0) is 20.9 Å². The quantitative estimate of drug-likeness (QED) is 0.372. The van der Waals surface area contributed by atoms with Crippen LogP contribution in [0.1, 0.15) is 70.0 Å². The molecule has 0 bridgehead atoms. The van der Waals surface area contributed by atoms with Crippen molar-refractivity contribution in [3.05, 3.63) is 33.3 Å². The van der Waals surface area contributed by atoms with E-state index in [1.54, 1.807) is 27.7 Å². The average molecular weight is 452 g/mol. The van der Waals surface area contributed by atoms with Gasteiger partial charge < -0.3 is 9.29 Å². The van der Waals surface area contributed by atoms with Crippen molar-refractivity contribution in [2.24, 2.45) is 0 Å². The highest BCUT2D eigenvalue weighted by Crippen LogP contribution is 2.45. The fourth-order valence-electron chi connectivity index (χ4n) is 2.54. The van der Waals surface area contributed by atoms with Crippen LogP contribution >= 0.6 is 15.9 Å². The lowest BCUT2D eigenvalue weighted by Crippen LogP contribution is -2.42. The highest BCUT2D eigenvalue weighted by Gasteiger charge is 2.37. The Hall–Kier alpha value is -0.700. The van der Waals surface area contributed by atoms with Crippen LogP contribution in [0.5, 0.6) is 0 Å². The molecular weight excluding hydrogens is 428 g/mol. The maximum Gasteiger partial charge on any atom is 0.307 e. The second-order valence-corrected chi connectivity index (χ2v) is 10.2. The Kier molecular flexibility index (Phi) is 7.10. The van der Waals surface area contributed by atoms with Crippen LogP contribution < -0.4 is 4.72 Å². The van der Waals surface area contributed by atoms with Gasteiger partial charge in [0.25, 0.3) is 0 Å². The molecule has 1 aliphatic rings. The van der Waals surface area contributed by atoms with Crippen molar-refractivity contribution in [3.63, 3.8) is 0 Å². The number of hydrogen-bond donors (Lipinski definition) is 1. The molecule has 8 heteroatoms. The molecule has 0 aliphatic heterocycles. The minimum Gasteiger partial charge on any atom is -0.598 e. The van der Waals surface area contributed by atoms with Crippen molar-refractivity contribution in [3.8, 4) is 0 Å². The minimum absolute atomic E-state index is 0.0574. The standard InChI is InChI=1S/C18H24BrF2NO3S/c1-5-25-14(23)9-13(22-26(24)18(2,3)4)15-16(20)11(10-6-7-10)8-12(19)17(15)21/h8,10,13,22H,5-7,9H2,1-4H3/t13?,26-/m1/s1. The van der Waals surface area contributed by atoms with Gasteiger partial charge in [-0.25, -0.2) is 8.78 Å². The van der Waals surface area contributed by atoms with Crippen molar-refractivity contribution >= 4 is 33.3 Å². The molecule has 1 aliphatic carbocycles. The predicted octanol–water partition coefficient (Wildman–Crippen LogP) is 4.65. The van der Waals surface area contributed by atoms with E-state index in [9.17, 15) is 13.7 Å². The van der Waals surface area contributed by atoms with Gasteiger partial charge in [0.1, 0.15) is 16.4 Å². The monoisotopic (exact) mass is 451 g/mol. The first kappa shape index (κ1) is 21.6. The summed E-state index contributed by atoms with van der Waals surface area (Å²) < 4.78 is 49.5. The highest BCUT2D eigenvalue weighted by molar-refractivity contribution is 9.10. The summed E-state index contributed by atoms with van der Waals surface area (Å²) in [6, 6.07) is 0.359. The zero-order chi connectivity index (χ0) is 19.6. The molecule has 26 heavy (non-hydrogen) atoms. The van der Waals surface area contributed by atoms with Crippen LogP contribution in [0.4, 0.5) is 8.78 Å². The summed E-state index contributed by atoms with van der Waals surface area (Å²) in [5, 5.41) is 0. The van der Waals surface area contributed by atoms with Gasteiger partial charge in [-0.1, -0.05) is 0 Å². The SMILES string of the molecule is CCOC(=O)CC(N[S@+]([O-])C(C)(C)C)c1c(F)c(Br)cc(C2CC2)c1F. The largest absolute Gasteiger partial charge is 0.598 e. The van der Waals surface area contributed by atoms with Gasteiger partial charge in [0.15, 0.2) is 0 Å². The maximum atomic E-state index is 15.1. The van der Waals surface area contributed by atoms with Crippen LogP contribution in [0.2, 0.25) is 0 Å². The van der Waals surface area contributed by atoms with E-state index in [1.807, 2.05) is 0 Å². The van der Waals surface area contributed by atoms with Gasteiger partial charge in [0.05, 0.1) is 23.5 Å². The van der Waals surface area contributed by atoms with Gasteiger partial charge in [-0.2, -0.15) is 0 Å². The van der Waals surface area contributed by atoms with E-state index in [0.717, 1.165) is 12.8 Å². The zero-order valence-electron chi connectivity index (χ0n) is 15.3. The summed E-state index contributed by atoms with van der Waals surface area (Å²) in [6.07, 6.45) is 1.38. The molecule has 0 aromatic heterocycles. The summed E-state index contributed by atoms with van der Waals surface area (Å²) in [7, 11) is 0. The molecule has 1 fully saturated rings. The van der Waals surface area contributed by atoms with Crippen LogP contribution in [0.25, 0.3) is 0 Å². The third-order valence-electron chi connectivity index (χ3n) is 4.07. The first-order valence-corrected chi connectivity index (χ1v) is 10.5. The number of benzene rings is 1. The first-order valence-electron chi connectivity index (χ1n) is 8.57. The normalized spacial score (nSPS) is 17.1. The van der Waals surface area contributed by atoms with Gasteiger partial charge in [-0.05, 0) is 74.0 Å². The molecule has 4 nitrogen and oxygen atoms in total. The molecule has 1 aromatic rings. The van der Waals surface area contributed by atoms with Gasteiger partial charge in [0, 0.05) is 16.9 Å². The lowest BCUT2D eigenvalue weighted by molar-refractivity contribution is -0.143. The number of rotatable bonds is 7. The summed E-state index contributed by atoms with van der Waals surface area (Å²) in [5.74, 6) is -2.02. The van der Waals surface area contributed by atoms with Crippen LogP contribution in [0.15, 0.2) is 10.5 Å². The highest BCUT2D eigenvalue weighted by atomic mass is 79.9. The van der Waals surface area contributed by atoms with Crippen molar-refractivity contribution in [1.29, 1.82) is 0 Å². The molecule has 1 unspecified atom stereocenters. The van der Waals surface area contributed by atoms with Crippen molar-refractivity contribution in [2.75, 3.05) is 6.61 Å². The number of esters is 1. The minimum atomic E-state index is -1.62. The molecule has 1 aromatic carbocycles. The van der Waals surface area contributed by atoms with E-state index in [2.05, 4.69) is 20.7 Å². The summed E-state index contributed by atoms with van der Waals surface area (Å²) >= 11 is 1.52. The van der Waals surface area contributed by atoms with E-state index >= 15 is 4.39 Å². The van der Waals surface area contributed by atoms with Gasteiger partial charge in [-0.15, -0.1) is 4.72 Å². The summed E-state index contributed by atoms with van der Waals surface area (Å²) in [5.41, 5.74) is 0.150. The number of carbonyl (C=O) groups excluding carboxylic acids is 1. The Bertz CT molecular complexity index is 677. The van der Waals surface area contributed by atoms with Crippen LogP contribution in [-0.4, -0.2) is 21.9 Å². The fourth-order valence-corrected chi connectivity index (χ4v) is 3.81. The molecule has 146 valence electrons. The molecular formula is C18H24BrF2NO3S. The second kappa shape index (κ2) is 8.54. The molecule has 1 N–H and O–H groups in total. The Morgan fingerprint density at radius 2 is 2.04 bits per heavy atom. The summed E-state index contributed by atoms with van der Waals surface area (Å²) in [4.78, 5) is 12.0. The van der Waals surface area contributed by atoms with E-state index in [0.29, 0.717) is 5.56 Å². The molecule has 2 rings (SSSR count). The third kappa shape index (κ3) is 5.18. The topological polar surface area (TPSA) is 61.4 Å². The predicted molar refractivity (Wildman–Crippen MR) is 101 cm³/mol. The summed E-state index contributed by atoms with van der Waals surface area (Å²) in [6.45, 7) is 7.02. The molecule has 0 spiro atoms. The fraction of sp³-hybridized carbons (Fsp3) is 0.611. The molecule has 0 amide bonds. The van der Waals surface area contributed by atoms with Gasteiger partial charge in [-0.3, -0.25) is 4.79 Å². The Balaban J connectivity index is 2.45. The number of hydrogen-bond acceptors (Lipinski definition) is 4. The second-order valence-electron chi connectivity index (χ2n) is 7.32. The van der Waals surface area contributed by atoms with Crippen molar-refractivity contribution in [1.82, 2.24) is 4.72 Å². The van der Waals surface area contributed by atoms with E-state index in [-0.39, 0.29) is 29.0 Å². The molecule has 0 heterocycles. The van der Waals surface area contributed by atoms with E-state index in [4.69, 9.17) is 4.74 Å². The van der Waals surface area contributed by atoms with Crippen molar-refractivity contribution in [2.45, 2.75) is 63.7 Å². The van der Waals surface area contributed by atoms with Gasteiger partial charge >= 0.3 is 5.97 Å². The molecule has 2 atom stereocenters. The van der Waals surface area contributed by atoms with Crippen LogP contribution in [0, 0.1) is 11.6 Å². The Morgan fingerprint density at radius 3 is 2.54 bits per heavy atom. The zero-order valence-corrected chi connectivity index (χ0v) is 17.7. The smallest absolute Gasteiger partial charge is 0.307 e. The number of ether oxygens (including phenoxy) is 1. The molecule has 1 saturated carbocycles. The van der Waals surface area contributed by atoms with Gasteiger partial charge in [0.2, 0.25) is 0 Å². The average Bonchev–Trinajstić information content (AvgIpc) is 3.35. The first-order chi connectivity index (χ1) is 12.1. The Labute approximate surface area is 164 Å². The van der Waals surface area contributed by atoms with E-state index in [1.165, 1.54) is 6.07 Å². The number of halogens is 3. The maximum absolute atomic E-state index is 15.1. The van der Waals surface area contributed by atoms with Crippen molar-refractivity contribution < 1.29 is 22.9 Å². The Morgan fingerprint density at radius 1 is 1.42 bits per heavy atom. The number of carbonyl (C=O) groups is 1. The lowest BCUT2D eigenvalue weighted by Gasteiger charge is -2.28. The lowest BCUT2D eigenvalue weighted by atomic mass is 9.98. The van der Waals surface area contributed by atoms with Crippen LogP contribution in [0.3, 0.4) is 0 Å². The van der Waals surface area contributed by atoms with E-state index < -0.39 is 39.8 Å². The number of nitrogens with one attached hydrogen (secondary N) is 1. The molecule has 0 radical (unpaired) electrons.